The van der Waals surface area contributed by atoms with E-state index in [0.717, 1.165) is 37.9 Å². The minimum absolute atomic E-state index is 0.0211. The average molecular weight is 287 g/mol. The van der Waals surface area contributed by atoms with Crippen LogP contribution in [0.5, 0.6) is 0 Å². The number of rotatable bonds is 4. The molecule has 2 N–H and O–H groups in total. The van der Waals surface area contributed by atoms with Crippen LogP contribution in [0.3, 0.4) is 0 Å². The van der Waals surface area contributed by atoms with Crippen LogP contribution in [-0.2, 0) is 0 Å². The fraction of sp³-hybridized carbons (Fsp3) is 0.538. The van der Waals surface area contributed by atoms with E-state index in [2.05, 4.69) is 10.3 Å². The van der Waals surface area contributed by atoms with Gasteiger partial charge in [-0.3, -0.25) is 4.79 Å². The molecule has 1 aromatic rings. The van der Waals surface area contributed by atoms with Crippen molar-refractivity contribution < 1.29 is 14.3 Å². The molecule has 1 fully saturated rings. The monoisotopic (exact) mass is 286 g/mol. The largest absolute Gasteiger partial charge is 0.396 e. The highest BCUT2D eigenvalue weighted by atomic mass is 35.5. The first kappa shape index (κ1) is 14.2. The molecule has 1 aliphatic carbocycles. The van der Waals surface area contributed by atoms with Gasteiger partial charge in [-0.25, -0.2) is 9.37 Å². The fourth-order valence-electron chi connectivity index (χ4n) is 2.46. The molecule has 0 spiro atoms. The highest BCUT2D eigenvalue weighted by molar-refractivity contribution is 6.32. The fourth-order valence-corrected chi connectivity index (χ4v) is 2.65. The summed E-state index contributed by atoms with van der Waals surface area (Å²) in [7, 11) is 0. The van der Waals surface area contributed by atoms with Gasteiger partial charge in [0.05, 0.1) is 18.4 Å². The van der Waals surface area contributed by atoms with E-state index in [-0.39, 0.29) is 22.7 Å². The SMILES string of the molecule is O=C(NCC1(CO)CCCC1)c1cc(F)cnc1Cl. The summed E-state index contributed by atoms with van der Waals surface area (Å²) in [4.78, 5) is 15.5. The molecule has 104 valence electrons. The van der Waals surface area contributed by atoms with Crippen LogP contribution in [0, 0.1) is 11.2 Å². The molecule has 0 bridgehead atoms. The van der Waals surface area contributed by atoms with Crippen LogP contribution in [0.4, 0.5) is 4.39 Å². The summed E-state index contributed by atoms with van der Waals surface area (Å²) < 4.78 is 13.0. The number of aromatic nitrogens is 1. The lowest BCUT2D eigenvalue weighted by Gasteiger charge is -2.26. The third-order valence-corrected chi connectivity index (χ3v) is 3.98. The number of aliphatic hydroxyl groups is 1. The summed E-state index contributed by atoms with van der Waals surface area (Å²) >= 11 is 5.77. The number of carbonyl (C=O) groups excluding carboxylic acids is 1. The van der Waals surface area contributed by atoms with E-state index in [9.17, 15) is 14.3 Å². The zero-order valence-corrected chi connectivity index (χ0v) is 11.2. The van der Waals surface area contributed by atoms with Crippen molar-refractivity contribution in [1.29, 1.82) is 0 Å². The minimum atomic E-state index is -0.604. The summed E-state index contributed by atoms with van der Waals surface area (Å²) in [6.45, 7) is 0.414. The van der Waals surface area contributed by atoms with Gasteiger partial charge in [-0.2, -0.15) is 0 Å². The molecule has 4 nitrogen and oxygen atoms in total. The van der Waals surface area contributed by atoms with Crippen LogP contribution in [0.25, 0.3) is 0 Å². The van der Waals surface area contributed by atoms with Crippen molar-refractivity contribution in [2.24, 2.45) is 5.41 Å². The Morgan fingerprint density at radius 2 is 2.21 bits per heavy atom. The summed E-state index contributed by atoms with van der Waals surface area (Å²) in [6.07, 6.45) is 4.85. The Morgan fingerprint density at radius 3 is 2.84 bits per heavy atom. The molecule has 0 radical (unpaired) electrons. The Labute approximate surface area is 116 Å². The van der Waals surface area contributed by atoms with Crippen LogP contribution < -0.4 is 5.32 Å². The van der Waals surface area contributed by atoms with Gasteiger partial charge in [-0.1, -0.05) is 24.4 Å². The highest BCUT2D eigenvalue weighted by Gasteiger charge is 2.33. The maximum atomic E-state index is 13.0. The zero-order chi connectivity index (χ0) is 13.9. The Kier molecular flexibility index (Phi) is 4.37. The Morgan fingerprint density at radius 1 is 1.53 bits per heavy atom. The lowest BCUT2D eigenvalue weighted by atomic mass is 9.87. The molecule has 1 amide bonds. The maximum absolute atomic E-state index is 13.0. The lowest BCUT2D eigenvalue weighted by Crippen LogP contribution is -2.38. The van der Waals surface area contributed by atoms with Gasteiger partial charge in [0.15, 0.2) is 0 Å². The molecule has 0 unspecified atom stereocenters. The molecule has 1 saturated carbocycles. The number of nitrogens with zero attached hydrogens (tertiary/aromatic N) is 1. The van der Waals surface area contributed by atoms with Gasteiger partial charge in [-0.05, 0) is 18.9 Å². The van der Waals surface area contributed by atoms with Crippen LogP contribution >= 0.6 is 11.6 Å². The second-order valence-corrected chi connectivity index (χ2v) is 5.40. The van der Waals surface area contributed by atoms with E-state index in [1.165, 1.54) is 0 Å². The molecular weight excluding hydrogens is 271 g/mol. The molecule has 0 atom stereocenters. The molecule has 1 aliphatic rings. The first-order valence-corrected chi connectivity index (χ1v) is 6.64. The Hall–Kier alpha value is -1.20. The predicted octanol–water partition coefficient (Wildman–Crippen LogP) is 2.16. The molecule has 2 rings (SSSR count). The topological polar surface area (TPSA) is 62.2 Å². The number of aliphatic hydroxyl groups excluding tert-OH is 1. The first-order valence-electron chi connectivity index (χ1n) is 6.26. The van der Waals surface area contributed by atoms with E-state index >= 15 is 0 Å². The Balaban J connectivity index is 2.03. The van der Waals surface area contributed by atoms with Gasteiger partial charge >= 0.3 is 0 Å². The van der Waals surface area contributed by atoms with Gasteiger partial charge in [0.1, 0.15) is 11.0 Å². The van der Waals surface area contributed by atoms with Crippen molar-refractivity contribution >= 4 is 17.5 Å². The van der Waals surface area contributed by atoms with Gasteiger partial charge in [0.25, 0.3) is 5.91 Å². The highest BCUT2D eigenvalue weighted by Crippen LogP contribution is 2.36. The number of hydrogen-bond acceptors (Lipinski definition) is 3. The molecular formula is C13H16ClFN2O2. The second kappa shape index (κ2) is 5.84. The summed E-state index contributed by atoms with van der Waals surface area (Å²) in [5.41, 5.74) is -0.226. The predicted molar refractivity (Wildman–Crippen MR) is 69.5 cm³/mol. The smallest absolute Gasteiger partial charge is 0.254 e. The number of amides is 1. The first-order chi connectivity index (χ1) is 9.06. The van der Waals surface area contributed by atoms with Gasteiger partial charge < -0.3 is 10.4 Å². The van der Waals surface area contributed by atoms with Gasteiger partial charge in [0.2, 0.25) is 0 Å². The van der Waals surface area contributed by atoms with Crippen LogP contribution in [0.2, 0.25) is 5.15 Å². The van der Waals surface area contributed by atoms with Crippen molar-refractivity contribution in [3.8, 4) is 0 Å². The maximum Gasteiger partial charge on any atom is 0.254 e. The summed E-state index contributed by atoms with van der Waals surface area (Å²) in [6, 6.07) is 1.06. The third-order valence-electron chi connectivity index (χ3n) is 3.67. The van der Waals surface area contributed by atoms with Gasteiger partial charge in [0, 0.05) is 12.0 Å². The Bertz CT molecular complexity index is 476. The van der Waals surface area contributed by atoms with Crippen molar-refractivity contribution in [3.63, 3.8) is 0 Å². The third kappa shape index (κ3) is 3.22. The molecule has 0 aliphatic heterocycles. The average Bonchev–Trinajstić information content (AvgIpc) is 2.88. The zero-order valence-electron chi connectivity index (χ0n) is 10.5. The van der Waals surface area contributed by atoms with E-state index < -0.39 is 11.7 Å². The van der Waals surface area contributed by atoms with E-state index in [1.807, 2.05) is 0 Å². The van der Waals surface area contributed by atoms with Crippen LogP contribution in [0.15, 0.2) is 12.3 Å². The molecule has 19 heavy (non-hydrogen) atoms. The second-order valence-electron chi connectivity index (χ2n) is 5.04. The molecule has 1 aromatic heterocycles. The van der Waals surface area contributed by atoms with Crippen molar-refractivity contribution in [1.82, 2.24) is 10.3 Å². The molecule has 0 saturated heterocycles. The molecule has 0 aromatic carbocycles. The molecule has 1 heterocycles. The number of hydrogen-bond donors (Lipinski definition) is 2. The van der Waals surface area contributed by atoms with E-state index in [1.54, 1.807) is 0 Å². The quantitative estimate of drug-likeness (QED) is 0.834. The molecule has 6 heteroatoms. The summed E-state index contributed by atoms with van der Waals surface area (Å²) in [5.74, 6) is -1.07. The van der Waals surface area contributed by atoms with Crippen LogP contribution in [0.1, 0.15) is 36.0 Å². The van der Waals surface area contributed by atoms with Crippen molar-refractivity contribution in [2.45, 2.75) is 25.7 Å². The van der Waals surface area contributed by atoms with Crippen molar-refractivity contribution in [2.75, 3.05) is 13.2 Å². The normalized spacial score (nSPS) is 17.4. The van der Waals surface area contributed by atoms with Crippen LogP contribution in [-0.4, -0.2) is 29.1 Å². The lowest BCUT2D eigenvalue weighted by molar-refractivity contribution is 0.0880. The number of carbonyl (C=O) groups is 1. The minimum Gasteiger partial charge on any atom is -0.396 e. The summed E-state index contributed by atoms with van der Waals surface area (Å²) in [5, 5.41) is 12.1. The van der Waals surface area contributed by atoms with Crippen molar-refractivity contribution in [3.05, 3.63) is 28.8 Å². The van der Waals surface area contributed by atoms with E-state index in [4.69, 9.17) is 11.6 Å². The standard InChI is InChI=1S/C13H16ClFN2O2/c14-11-10(5-9(15)6-16-11)12(19)17-7-13(8-18)3-1-2-4-13/h5-6,18H,1-4,7-8H2,(H,17,19). The van der Waals surface area contributed by atoms with Gasteiger partial charge in [-0.15, -0.1) is 0 Å². The number of halogens is 2. The van der Waals surface area contributed by atoms with E-state index in [0.29, 0.717) is 6.54 Å². The number of pyridine rings is 1. The number of nitrogens with one attached hydrogen (secondary N) is 1.